The van der Waals surface area contributed by atoms with E-state index in [9.17, 15) is 0 Å². The van der Waals surface area contributed by atoms with E-state index in [0.717, 1.165) is 30.6 Å². The van der Waals surface area contributed by atoms with Crippen LogP contribution in [0.3, 0.4) is 0 Å². The second-order valence-corrected chi connectivity index (χ2v) is 5.68. The maximum atomic E-state index is 5.13. The molecule has 90 valence electrons. The Morgan fingerprint density at radius 2 is 2.35 bits per heavy atom. The summed E-state index contributed by atoms with van der Waals surface area (Å²) in [4.78, 5) is 3.93. The van der Waals surface area contributed by atoms with E-state index in [1.807, 2.05) is 24.3 Å². The Morgan fingerprint density at radius 3 is 2.94 bits per heavy atom. The summed E-state index contributed by atoms with van der Waals surface area (Å²) in [5.41, 5.74) is 1.05. The molecule has 17 heavy (non-hydrogen) atoms. The summed E-state index contributed by atoms with van der Waals surface area (Å²) < 4.78 is 5.13. The average Bonchev–Trinajstić information content (AvgIpc) is 2.89. The lowest BCUT2D eigenvalue weighted by Crippen LogP contribution is -2.24. The number of hydrogen-bond acceptors (Lipinski definition) is 4. The van der Waals surface area contributed by atoms with Gasteiger partial charge in [0, 0.05) is 30.1 Å². The van der Waals surface area contributed by atoms with Gasteiger partial charge in [0.2, 0.25) is 0 Å². The van der Waals surface area contributed by atoms with Gasteiger partial charge in [-0.15, -0.1) is 11.3 Å². The van der Waals surface area contributed by atoms with Crippen molar-refractivity contribution in [2.45, 2.75) is 38.9 Å². The SMILES string of the molecule is Cc1cc(CN(Cc2cccs2)C2CC2)no1. The van der Waals surface area contributed by atoms with Crippen molar-refractivity contribution in [2.75, 3.05) is 0 Å². The predicted octanol–water partition coefficient (Wildman–Crippen LogP) is 3.21. The van der Waals surface area contributed by atoms with Gasteiger partial charge in [-0.1, -0.05) is 11.2 Å². The Labute approximate surface area is 105 Å². The molecule has 0 bridgehead atoms. The Balaban J connectivity index is 1.68. The van der Waals surface area contributed by atoms with Crippen LogP contribution in [0.5, 0.6) is 0 Å². The van der Waals surface area contributed by atoms with Crippen LogP contribution in [0.2, 0.25) is 0 Å². The van der Waals surface area contributed by atoms with E-state index in [4.69, 9.17) is 4.52 Å². The van der Waals surface area contributed by atoms with E-state index < -0.39 is 0 Å². The zero-order valence-electron chi connectivity index (χ0n) is 9.93. The molecule has 2 aromatic rings. The monoisotopic (exact) mass is 248 g/mol. The molecule has 0 atom stereocenters. The maximum Gasteiger partial charge on any atom is 0.133 e. The van der Waals surface area contributed by atoms with Gasteiger partial charge in [0.1, 0.15) is 5.76 Å². The molecule has 4 heteroatoms. The first kappa shape index (κ1) is 11.0. The number of aryl methyl sites for hydroxylation is 1. The summed E-state index contributed by atoms with van der Waals surface area (Å²) in [6.07, 6.45) is 2.64. The van der Waals surface area contributed by atoms with Crippen LogP contribution in [0, 0.1) is 6.92 Å². The van der Waals surface area contributed by atoms with Gasteiger partial charge in [-0.3, -0.25) is 4.90 Å². The molecular weight excluding hydrogens is 232 g/mol. The molecule has 2 heterocycles. The summed E-state index contributed by atoms with van der Waals surface area (Å²) in [7, 11) is 0. The zero-order valence-corrected chi connectivity index (χ0v) is 10.7. The van der Waals surface area contributed by atoms with Crippen LogP contribution in [0.1, 0.15) is 29.2 Å². The lowest BCUT2D eigenvalue weighted by Gasteiger charge is -2.19. The van der Waals surface area contributed by atoms with Crippen molar-refractivity contribution in [1.29, 1.82) is 0 Å². The van der Waals surface area contributed by atoms with E-state index in [1.54, 1.807) is 0 Å². The Bertz CT molecular complexity index is 473. The molecule has 0 spiro atoms. The quantitative estimate of drug-likeness (QED) is 0.813. The molecule has 3 rings (SSSR count). The normalized spacial score (nSPS) is 15.6. The van der Waals surface area contributed by atoms with Gasteiger partial charge < -0.3 is 4.52 Å². The largest absolute Gasteiger partial charge is 0.361 e. The number of aromatic nitrogens is 1. The number of rotatable bonds is 5. The zero-order chi connectivity index (χ0) is 11.7. The summed E-state index contributed by atoms with van der Waals surface area (Å²) in [5, 5.41) is 6.22. The summed E-state index contributed by atoms with van der Waals surface area (Å²) in [6, 6.07) is 7.09. The van der Waals surface area contributed by atoms with Gasteiger partial charge in [0.25, 0.3) is 0 Å². The molecule has 0 saturated heterocycles. The Kier molecular flexibility index (Phi) is 2.99. The van der Waals surface area contributed by atoms with Gasteiger partial charge in [0.05, 0.1) is 5.69 Å². The van der Waals surface area contributed by atoms with Gasteiger partial charge in [-0.05, 0) is 31.2 Å². The highest BCUT2D eigenvalue weighted by Crippen LogP contribution is 2.30. The van der Waals surface area contributed by atoms with Crippen molar-refractivity contribution >= 4 is 11.3 Å². The van der Waals surface area contributed by atoms with E-state index >= 15 is 0 Å². The third-order valence-corrected chi connectivity index (χ3v) is 3.91. The molecule has 0 amide bonds. The highest BCUT2D eigenvalue weighted by atomic mass is 32.1. The molecule has 0 radical (unpaired) electrons. The van der Waals surface area contributed by atoms with Crippen molar-refractivity contribution in [1.82, 2.24) is 10.1 Å². The third-order valence-electron chi connectivity index (χ3n) is 3.04. The standard InChI is InChI=1S/C13H16N2OS/c1-10-7-11(14-16-10)8-15(12-4-5-12)9-13-3-2-6-17-13/h2-3,6-7,12H,4-5,8-9H2,1H3. The first-order valence-electron chi connectivity index (χ1n) is 6.00. The van der Waals surface area contributed by atoms with Crippen LogP contribution >= 0.6 is 11.3 Å². The Hall–Kier alpha value is -1.13. The lowest BCUT2D eigenvalue weighted by atomic mass is 10.3. The van der Waals surface area contributed by atoms with Crippen LogP contribution in [-0.2, 0) is 13.1 Å². The van der Waals surface area contributed by atoms with Gasteiger partial charge in [0.15, 0.2) is 0 Å². The van der Waals surface area contributed by atoms with Crippen LogP contribution in [0.15, 0.2) is 28.1 Å². The van der Waals surface area contributed by atoms with Crippen molar-refractivity contribution in [3.8, 4) is 0 Å². The van der Waals surface area contributed by atoms with E-state index in [0.29, 0.717) is 0 Å². The second kappa shape index (κ2) is 4.63. The highest BCUT2D eigenvalue weighted by Gasteiger charge is 2.29. The molecule has 1 fully saturated rings. The molecule has 3 nitrogen and oxygen atoms in total. The molecule has 0 unspecified atom stereocenters. The van der Waals surface area contributed by atoms with Crippen molar-refractivity contribution in [2.24, 2.45) is 0 Å². The van der Waals surface area contributed by atoms with Gasteiger partial charge >= 0.3 is 0 Å². The van der Waals surface area contributed by atoms with E-state index in [-0.39, 0.29) is 0 Å². The molecule has 0 aromatic carbocycles. The molecule has 0 aliphatic heterocycles. The third kappa shape index (κ3) is 2.76. The van der Waals surface area contributed by atoms with Crippen LogP contribution in [0.25, 0.3) is 0 Å². The maximum absolute atomic E-state index is 5.13. The average molecular weight is 248 g/mol. The fourth-order valence-corrected chi connectivity index (χ4v) is 2.79. The fourth-order valence-electron chi connectivity index (χ4n) is 2.06. The molecule has 1 aliphatic carbocycles. The topological polar surface area (TPSA) is 29.3 Å². The second-order valence-electron chi connectivity index (χ2n) is 4.64. The Morgan fingerprint density at radius 1 is 1.47 bits per heavy atom. The summed E-state index contributed by atoms with van der Waals surface area (Å²) in [6.45, 7) is 3.88. The van der Waals surface area contributed by atoms with E-state index in [1.165, 1.54) is 17.7 Å². The highest BCUT2D eigenvalue weighted by molar-refractivity contribution is 7.09. The summed E-state index contributed by atoms with van der Waals surface area (Å²) >= 11 is 1.83. The van der Waals surface area contributed by atoms with E-state index in [2.05, 4.69) is 27.6 Å². The fraction of sp³-hybridized carbons (Fsp3) is 0.462. The van der Waals surface area contributed by atoms with Crippen molar-refractivity contribution in [3.05, 3.63) is 39.9 Å². The molecular formula is C13H16N2OS. The molecule has 1 aliphatic rings. The molecule has 0 N–H and O–H groups in total. The minimum Gasteiger partial charge on any atom is -0.361 e. The number of nitrogens with zero attached hydrogens (tertiary/aromatic N) is 2. The lowest BCUT2D eigenvalue weighted by molar-refractivity contribution is 0.239. The smallest absolute Gasteiger partial charge is 0.133 e. The molecule has 1 saturated carbocycles. The predicted molar refractivity (Wildman–Crippen MR) is 67.8 cm³/mol. The van der Waals surface area contributed by atoms with Crippen LogP contribution < -0.4 is 0 Å². The molecule has 2 aromatic heterocycles. The van der Waals surface area contributed by atoms with Crippen LogP contribution in [-0.4, -0.2) is 16.1 Å². The van der Waals surface area contributed by atoms with Gasteiger partial charge in [-0.25, -0.2) is 0 Å². The first-order chi connectivity index (χ1) is 8.31. The van der Waals surface area contributed by atoms with Crippen molar-refractivity contribution < 1.29 is 4.52 Å². The van der Waals surface area contributed by atoms with Crippen LogP contribution in [0.4, 0.5) is 0 Å². The minimum absolute atomic E-state index is 0.745. The number of thiophene rings is 1. The number of hydrogen-bond donors (Lipinski definition) is 0. The first-order valence-corrected chi connectivity index (χ1v) is 6.88. The van der Waals surface area contributed by atoms with Crippen molar-refractivity contribution in [3.63, 3.8) is 0 Å². The van der Waals surface area contributed by atoms with Gasteiger partial charge in [-0.2, -0.15) is 0 Å². The minimum atomic E-state index is 0.745. The summed E-state index contributed by atoms with van der Waals surface area (Å²) in [5.74, 6) is 0.895.